The van der Waals surface area contributed by atoms with Gasteiger partial charge in [0.1, 0.15) is 5.52 Å². The van der Waals surface area contributed by atoms with Crippen LogP contribution in [0.1, 0.15) is 32.1 Å². The second-order valence-corrected chi connectivity index (χ2v) is 7.30. The molecule has 0 atom stereocenters. The number of carbonyl (C=O) groups is 1. The maximum Gasteiger partial charge on any atom is 0.320 e. The summed E-state index contributed by atoms with van der Waals surface area (Å²) in [5.74, 6) is 1.64. The molecule has 2 heterocycles. The van der Waals surface area contributed by atoms with E-state index in [9.17, 15) is 4.79 Å². The van der Waals surface area contributed by atoms with Crippen molar-refractivity contribution in [1.82, 2.24) is 20.3 Å². The molecule has 8 heteroatoms. The summed E-state index contributed by atoms with van der Waals surface area (Å²) in [5, 5.41) is 5.79. The monoisotopic (exact) mass is 407 g/mol. The second kappa shape index (κ2) is 8.94. The molecular formula is C22H25N5O3. The molecule has 4 rings (SSSR count). The van der Waals surface area contributed by atoms with Gasteiger partial charge in [0.2, 0.25) is 0 Å². The Hall–Kier alpha value is -3.42. The van der Waals surface area contributed by atoms with Crippen molar-refractivity contribution in [3.63, 3.8) is 0 Å². The number of hydrogen-bond acceptors (Lipinski definition) is 6. The third kappa shape index (κ3) is 4.42. The fourth-order valence-corrected chi connectivity index (χ4v) is 3.70. The van der Waals surface area contributed by atoms with Crippen molar-refractivity contribution in [3.8, 4) is 22.8 Å². The second-order valence-electron chi connectivity index (χ2n) is 7.30. The molecule has 156 valence electrons. The molecule has 2 amide bonds. The molecule has 2 aromatic heterocycles. The number of anilines is 1. The number of rotatable bonds is 5. The van der Waals surface area contributed by atoms with E-state index in [-0.39, 0.29) is 12.1 Å². The van der Waals surface area contributed by atoms with E-state index in [4.69, 9.17) is 9.47 Å². The highest BCUT2D eigenvalue weighted by Crippen LogP contribution is 2.32. The van der Waals surface area contributed by atoms with Gasteiger partial charge in [0.25, 0.3) is 0 Å². The van der Waals surface area contributed by atoms with Gasteiger partial charge in [0.15, 0.2) is 23.0 Å². The molecule has 1 saturated carbocycles. The number of aromatic nitrogens is 3. The van der Waals surface area contributed by atoms with Crippen LogP contribution in [0.3, 0.4) is 0 Å². The average molecular weight is 407 g/mol. The first-order valence-electron chi connectivity index (χ1n) is 10.1. The van der Waals surface area contributed by atoms with Crippen LogP contribution in [0.25, 0.3) is 22.4 Å². The molecule has 1 aromatic carbocycles. The van der Waals surface area contributed by atoms with Crippen molar-refractivity contribution < 1.29 is 14.3 Å². The number of pyridine rings is 1. The number of benzene rings is 1. The largest absolute Gasteiger partial charge is 0.493 e. The van der Waals surface area contributed by atoms with Crippen molar-refractivity contribution in [2.75, 3.05) is 19.5 Å². The molecule has 30 heavy (non-hydrogen) atoms. The van der Waals surface area contributed by atoms with E-state index < -0.39 is 0 Å². The number of ether oxygens (including phenoxy) is 2. The highest BCUT2D eigenvalue weighted by Gasteiger charge is 2.16. The smallest absolute Gasteiger partial charge is 0.320 e. The Morgan fingerprint density at radius 2 is 1.80 bits per heavy atom. The zero-order valence-electron chi connectivity index (χ0n) is 17.1. The topological polar surface area (TPSA) is 98.3 Å². The van der Waals surface area contributed by atoms with E-state index in [0.29, 0.717) is 28.5 Å². The predicted molar refractivity (Wildman–Crippen MR) is 115 cm³/mol. The zero-order valence-corrected chi connectivity index (χ0v) is 17.1. The van der Waals surface area contributed by atoms with Crippen LogP contribution in [0.2, 0.25) is 0 Å². The highest BCUT2D eigenvalue weighted by atomic mass is 16.5. The number of nitrogens with zero attached hydrogens (tertiary/aromatic N) is 3. The quantitative estimate of drug-likeness (QED) is 0.659. The maximum absolute atomic E-state index is 12.3. The van der Waals surface area contributed by atoms with Crippen molar-refractivity contribution in [2.24, 2.45) is 0 Å². The summed E-state index contributed by atoms with van der Waals surface area (Å²) < 4.78 is 10.7. The van der Waals surface area contributed by atoms with Crippen LogP contribution in [-0.2, 0) is 0 Å². The number of nitrogens with one attached hydrogen (secondary N) is 2. The molecule has 1 fully saturated rings. The molecule has 0 spiro atoms. The number of methoxy groups -OCH3 is 2. The van der Waals surface area contributed by atoms with Crippen molar-refractivity contribution in [2.45, 2.75) is 38.1 Å². The van der Waals surface area contributed by atoms with Crippen LogP contribution in [0.5, 0.6) is 11.5 Å². The lowest BCUT2D eigenvalue weighted by Gasteiger charge is -2.22. The first-order valence-corrected chi connectivity index (χ1v) is 10.1. The fraction of sp³-hybridized carbons (Fsp3) is 0.364. The Balaban J connectivity index is 1.54. The van der Waals surface area contributed by atoms with Crippen LogP contribution in [0.4, 0.5) is 10.6 Å². The summed E-state index contributed by atoms with van der Waals surface area (Å²) in [6.45, 7) is 0. The number of fused-ring (bicyclic) bond motifs is 1. The van der Waals surface area contributed by atoms with E-state index in [0.717, 1.165) is 36.9 Å². The van der Waals surface area contributed by atoms with E-state index in [2.05, 4.69) is 25.6 Å². The van der Waals surface area contributed by atoms with E-state index in [1.54, 1.807) is 20.4 Å². The van der Waals surface area contributed by atoms with Gasteiger partial charge in [-0.15, -0.1) is 0 Å². The Kier molecular flexibility index (Phi) is 5.92. The molecule has 1 aliphatic carbocycles. The molecule has 0 bridgehead atoms. The Bertz CT molecular complexity index is 1050. The van der Waals surface area contributed by atoms with Crippen LogP contribution < -0.4 is 20.1 Å². The van der Waals surface area contributed by atoms with Gasteiger partial charge in [0, 0.05) is 11.6 Å². The molecule has 8 nitrogen and oxygen atoms in total. The summed E-state index contributed by atoms with van der Waals surface area (Å²) in [5.41, 5.74) is 2.70. The van der Waals surface area contributed by atoms with E-state index >= 15 is 0 Å². The summed E-state index contributed by atoms with van der Waals surface area (Å²) in [6, 6.07) is 9.30. The Labute approximate surface area is 175 Å². The van der Waals surface area contributed by atoms with Crippen molar-refractivity contribution >= 4 is 23.0 Å². The lowest BCUT2D eigenvalue weighted by atomic mass is 9.96. The van der Waals surface area contributed by atoms with Crippen LogP contribution in [0, 0.1) is 0 Å². The molecule has 0 radical (unpaired) electrons. The van der Waals surface area contributed by atoms with E-state index in [1.165, 1.54) is 6.42 Å². The SMILES string of the molecule is COc1ccc(-c2ccc3ncc(NC(=O)NC4CCCCC4)nc3n2)cc1OC. The van der Waals surface area contributed by atoms with Crippen molar-refractivity contribution in [3.05, 3.63) is 36.5 Å². The number of hydrogen-bond donors (Lipinski definition) is 2. The van der Waals surface area contributed by atoms with Gasteiger partial charge in [-0.25, -0.2) is 19.7 Å². The molecule has 0 aliphatic heterocycles. The van der Waals surface area contributed by atoms with Gasteiger partial charge in [-0.2, -0.15) is 0 Å². The molecule has 2 N–H and O–H groups in total. The lowest BCUT2D eigenvalue weighted by Crippen LogP contribution is -2.39. The normalized spacial score (nSPS) is 14.3. The van der Waals surface area contributed by atoms with Crippen LogP contribution in [0.15, 0.2) is 36.5 Å². The van der Waals surface area contributed by atoms with Gasteiger partial charge < -0.3 is 14.8 Å². The summed E-state index contributed by atoms with van der Waals surface area (Å²) in [7, 11) is 3.19. The number of carbonyl (C=O) groups excluding carboxylic acids is 1. The maximum atomic E-state index is 12.3. The summed E-state index contributed by atoms with van der Waals surface area (Å²) >= 11 is 0. The minimum absolute atomic E-state index is 0.224. The minimum atomic E-state index is -0.258. The third-order valence-corrected chi connectivity index (χ3v) is 5.27. The van der Waals surface area contributed by atoms with Gasteiger partial charge in [-0.05, 0) is 43.2 Å². The number of urea groups is 1. The number of amides is 2. The Morgan fingerprint density at radius 1 is 1.00 bits per heavy atom. The third-order valence-electron chi connectivity index (χ3n) is 5.27. The predicted octanol–water partition coefficient (Wildman–Crippen LogP) is 4.16. The Morgan fingerprint density at radius 3 is 2.57 bits per heavy atom. The first-order chi connectivity index (χ1) is 14.7. The highest BCUT2D eigenvalue weighted by molar-refractivity contribution is 5.89. The van der Waals surface area contributed by atoms with E-state index in [1.807, 2.05) is 30.3 Å². The van der Waals surface area contributed by atoms with Crippen LogP contribution >= 0.6 is 0 Å². The molecular weight excluding hydrogens is 382 g/mol. The lowest BCUT2D eigenvalue weighted by molar-refractivity contribution is 0.244. The molecule has 0 unspecified atom stereocenters. The van der Waals surface area contributed by atoms with Crippen LogP contribution in [-0.4, -0.2) is 41.2 Å². The van der Waals surface area contributed by atoms with Gasteiger partial charge in [0.05, 0.1) is 26.1 Å². The van der Waals surface area contributed by atoms with Crippen molar-refractivity contribution in [1.29, 1.82) is 0 Å². The minimum Gasteiger partial charge on any atom is -0.493 e. The summed E-state index contributed by atoms with van der Waals surface area (Å²) in [6.07, 6.45) is 7.14. The first kappa shape index (κ1) is 19.9. The fourth-order valence-electron chi connectivity index (χ4n) is 3.70. The molecule has 3 aromatic rings. The zero-order chi connectivity index (χ0) is 20.9. The standard InChI is InChI=1S/C22H25N5O3/c1-29-18-11-8-14(12-19(18)30-2)16-9-10-17-21(25-16)26-20(13-23-17)27-22(28)24-15-6-4-3-5-7-15/h8-13,15H,3-7H2,1-2H3,(H2,24,25,26,27,28). The van der Waals surface area contributed by atoms with Gasteiger partial charge >= 0.3 is 6.03 Å². The molecule has 0 saturated heterocycles. The summed E-state index contributed by atoms with van der Waals surface area (Å²) in [4.78, 5) is 25.8. The average Bonchev–Trinajstić information content (AvgIpc) is 2.78. The van der Waals surface area contributed by atoms with Gasteiger partial charge in [-0.3, -0.25) is 5.32 Å². The van der Waals surface area contributed by atoms with Gasteiger partial charge in [-0.1, -0.05) is 19.3 Å². The molecule has 1 aliphatic rings.